The van der Waals surface area contributed by atoms with E-state index in [0.717, 1.165) is 18.2 Å². The van der Waals surface area contributed by atoms with E-state index in [-0.39, 0.29) is 5.56 Å². The summed E-state index contributed by atoms with van der Waals surface area (Å²) in [5.74, 6) is -0.883. The molecular formula is C15H14F2O2. The Kier molecular flexibility index (Phi) is 3.53. The Bertz CT molecular complexity index is 574. The lowest BCUT2D eigenvalue weighted by Gasteiger charge is -2.25. The van der Waals surface area contributed by atoms with Gasteiger partial charge in [0, 0.05) is 6.07 Å². The number of ether oxygens (including phenoxy) is 1. The van der Waals surface area contributed by atoms with Crippen molar-refractivity contribution in [2.45, 2.75) is 12.5 Å². The number of benzene rings is 2. The molecule has 2 nitrogen and oxygen atoms in total. The molecule has 4 heteroatoms. The SMILES string of the molecule is COc1cccc(C(C)(O)c2cc(F)cc(F)c2)c1. The molecule has 0 spiro atoms. The first-order chi connectivity index (χ1) is 8.93. The van der Waals surface area contributed by atoms with Crippen molar-refractivity contribution in [1.82, 2.24) is 0 Å². The minimum Gasteiger partial charge on any atom is -0.497 e. The Hall–Kier alpha value is -1.94. The van der Waals surface area contributed by atoms with E-state index in [9.17, 15) is 13.9 Å². The molecule has 0 bridgehead atoms. The van der Waals surface area contributed by atoms with E-state index >= 15 is 0 Å². The average molecular weight is 264 g/mol. The highest BCUT2D eigenvalue weighted by Gasteiger charge is 2.27. The first-order valence-electron chi connectivity index (χ1n) is 5.77. The van der Waals surface area contributed by atoms with Gasteiger partial charge >= 0.3 is 0 Å². The first-order valence-corrected chi connectivity index (χ1v) is 5.77. The molecule has 0 radical (unpaired) electrons. The van der Waals surface area contributed by atoms with E-state index in [2.05, 4.69) is 0 Å². The van der Waals surface area contributed by atoms with E-state index in [1.165, 1.54) is 14.0 Å². The van der Waals surface area contributed by atoms with Crippen LogP contribution in [0.5, 0.6) is 5.75 Å². The van der Waals surface area contributed by atoms with Gasteiger partial charge in [-0.3, -0.25) is 0 Å². The van der Waals surface area contributed by atoms with Gasteiger partial charge in [-0.1, -0.05) is 12.1 Å². The number of hydrogen-bond donors (Lipinski definition) is 1. The normalized spacial score (nSPS) is 13.9. The van der Waals surface area contributed by atoms with Gasteiger partial charge < -0.3 is 9.84 Å². The van der Waals surface area contributed by atoms with Crippen LogP contribution in [-0.2, 0) is 5.60 Å². The van der Waals surface area contributed by atoms with Crippen molar-refractivity contribution in [2.24, 2.45) is 0 Å². The van der Waals surface area contributed by atoms with E-state index in [4.69, 9.17) is 4.74 Å². The molecule has 0 fully saturated rings. The van der Waals surface area contributed by atoms with Crippen LogP contribution in [0.4, 0.5) is 8.78 Å². The van der Waals surface area contributed by atoms with Gasteiger partial charge in [0.1, 0.15) is 23.0 Å². The van der Waals surface area contributed by atoms with Crippen molar-refractivity contribution in [3.8, 4) is 5.75 Å². The Balaban J connectivity index is 2.50. The van der Waals surface area contributed by atoms with Crippen molar-refractivity contribution < 1.29 is 18.6 Å². The third kappa shape index (κ3) is 2.74. The van der Waals surface area contributed by atoms with Crippen molar-refractivity contribution in [3.63, 3.8) is 0 Å². The lowest BCUT2D eigenvalue weighted by molar-refractivity contribution is 0.101. The van der Waals surface area contributed by atoms with Crippen LogP contribution in [0.3, 0.4) is 0 Å². The zero-order valence-electron chi connectivity index (χ0n) is 10.7. The zero-order valence-corrected chi connectivity index (χ0v) is 10.7. The smallest absolute Gasteiger partial charge is 0.126 e. The maximum atomic E-state index is 13.2. The lowest BCUT2D eigenvalue weighted by atomic mass is 9.88. The number of rotatable bonds is 3. The molecule has 100 valence electrons. The number of halogens is 2. The number of methoxy groups -OCH3 is 1. The second kappa shape index (κ2) is 4.97. The maximum absolute atomic E-state index is 13.2. The van der Waals surface area contributed by atoms with Gasteiger partial charge in [-0.25, -0.2) is 8.78 Å². The van der Waals surface area contributed by atoms with Crippen LogP contribution in [0.1, 0.15) is 18.1 Å². The highest BCUT2D eigenvalue weighted by molar-refractivity contribution is 5.39. The largest absolute Gasteiger partial charge is 0.497 e. The topological polar surface area (TPSA) is 29.5 Å². The summed E-state index contributed by atoms with van der Waals surface area (Å²) in [5.41, 5.74) is -0.854. The Morgan fingerprint density at radius 3 is 2.21 bits per heavy atom. The van der Waals surface area contributed by atoms with Crippen LogP contribution in [0.2, 0.25) is 0 Å². The van der Waals surface area contributed by atoms with E-state index in [1.807, 2.05) is 0 Å². The van der Waals surface area contributed by atoms with Crippen LogP contribution in [-0.4, -0.2) is 12.2 Å². The number of hydrogen-bond acceptors (Lipinski definition) is 2. The van der Waals surface area contributed by atoms with Crippen LogP contribution in [0.15, 0.2) is 42.5 Å². The third-order valence-corrected chi connectivity index (χ3v) is 3.06. The summed E-state index contributed by atoms with van der Waals surface area (Å²) in [6.45, 7) is 1.48. The molecule has 0 heterocycles. The fourth-order valence-electron chi connectivity index (χ4n) is 1.93. The molecule has 0 aliphatic carbocycles. The minimum atomic E-state index is -1.50. The molecule has 1 N–H and O–H groups in total. The van der Waals surface area contributed by atoms with Gasteiger partial charge in [-0.2, -0.15) is 0 Å². The molecule has 2 rings (SSSR count). The predicted molar refractivity (Wildman–Crippen MR) is 68.0 cm³/mol. The second-order valence-corrected chi connectivity index (χ2v) is 4.46. The second-order valence-electron chi connectivity index (χ2n) is 4.46. The van der Waals surface area contributed by atoms with Crippen LogP contribution in [0.25, 0.3) is 0 Å². The van der Waals surface area contributed by atoms with Crippen LogP contribution in [0, 0.1) is 11.6 Å². The minimum absolute atomic E-state index is 0.151. The zero-order chi connectivity index (χ0) is 14.0. The van der Waals surface area contributed by atoms with E-state index in [0.29, 0.717) is 11.3 Å². The Morgan fingerprint density at radius 2 is 1.63 bits per heavy atom. The monoisotopic (exact) mass is 264 g/mol. The lowest BCUT2D eigenvalue weighted by Crippen LogP contribution is -2.23. The fourth-order valence-corrected chi connectivity index (χ4v) is 1.93. The van der Waals surface area contributed by atoms with E-state index < -0.39 is 17.2 Å². The Morgan fingerprint density at radius 1 is 1.00 bits per heavy atom. The predicted octanol–water partition coefficient (Wildman–Crippen LogP) is 3.23. The van der Waals surface area contributed by atoms with Crippen LogP contribution < -0.4 is 4.74 Å². The highest BCUT2D eigenvalue weighted by Crippen LogP contribution is 2.31. The molecule has 19 heavy (non-hydrogen) atoms. The fraction of sp³-hybridized carbons (Fsp3) is 0.200. The summed E-state index contributed by atoms with van der Waals surface area (Å²) >= 11 is 0. The molecule has 0 aliphatic heterocycles. The van der Waals surface area contributed by atoms with Crippen LogP contribution >= 0.6 is 0 Å². The van der Waals surface area contributed by atoms with Gasteiger partial charge in [0.15, 0.2) is 0 Å². The summed E-state index contributed by atoms with van der Waals surface area (Å²) in [6.07, 6.45) is 0. The standard InChI is InChI=1S/C15H14F2O2/c1-15(18,10-4-3-5-14(8-10)19-2)11-6-12(16)9-13(17)7-11/h3-9,18H,1-2H3. The highest BCUT2D eigenvalue weighted by atomic mass is 19.1. The molecule has 2 aromatic rings. The van der Waals surface area contributed by atoms with Crippen molar-refractivity contribution in [3.05, 3.63) is 65.2 Å². The molecule has 1 unspecified atom stereocenters. The van der Waals surface area contributed by atoms with Gasteiger partial charge in [0.05, 0.1) is 7.11 Å². The first kappa shape index (κ1) is 13.5. The molecule has 0 aromatic heterocycles. The maximum Gasteiger partial charge on any atom is 0.126 e. The number of aliphatic hydroxyl groups is 1. The van der Waals surface area contributed by atoms with Gasteiger partial charge in [-0.15, -0.1) is 0 Å². The van der Waals surface area contributed by atoms with Crippen molar-refractivity contribution in [1.29, 1.82) is 0 Å². The van der Waals surface area contributed by atoms with Crippen molar-refractivity contribution >= 4 is 0 Å². The van der Waals surface area contributed by atoms with E-state index in [1.54, 1.807) is 24.3 Å². The average Bonchev–Trinajstić information content (AvgIpc) is 2.37. The summed E-state index contributed by atoms with van der Waals surface area (Å²) < 4.78 is 31.6. The third-order valence-electron chi connectivity index (χ3n) is 3.06. The molecule has 1 atom stereocenters. The van der Waals surface area contributed by atoms with Gasteiger partial charge in [0.2, 0.25) is 0 Å². The molecule has 0 saturated carbocycles. The quantitative estimate of drug-likeness (QED) is 0.922. The molecule has 2 aromatic carbocycles. The summed E-state index contributed by atoms with van der Waals surface area (Å²) in [7, 11) is 1.51. The molecule has 0 amide bonds. The summed E-state index contributed by atoms with van der Waals surface area (Å²) in [4.78, 5) is 0. The molecule has 0 aliphatic rings. The Labute approximate surface area is 110 Å². The summed E-state index contributed by atoms with van der Waals surface area (Å²) in [5, 5.41) is 10.5. The molecular weight excluding hydrogens is 250 g/mol. The van der Waals surface area contributed by atoms with Crippen molar-refractivity contribution in [2.75, 3.05) is 7.11 Å². The van der Waals surface area contributed by atoms with Gasteiger partial charge in [-0.05, 0) is 42.3 Å². The molecule has 0 saturated heterocycles. The van der Waals surface area contributed by atoms with Gasteiger partial charge in [0.25, 0.3) is 0 Å². The summed E-state index contributed by atoms with van der Waals surface area (Å²) in [6, 6.07) is 9.73.